The largest absolute Gasteiger partial charge is 0.466 e. The molecule has 2 aliphatic heterocycles. The summed E-state index contributed by atoms with van der Waals surface area (Å²) in [5.41, 5.74) is 0.318. The molecule has 0 unspecified atom stereocenters. The lowest BCUT2D eigenvalue weighted by molar-refractivity contribution is -0.149. The summed E-state index contributed by atoms with van der Waals surface area (Å²) in [4.78, 5) is 40.3. The average molecular weight is 399 g/mol. The van der Waals surface area contributed by atoms with E-state index >= 15 is 0 Å². The topological polar surface area (TPSA) is 66.9 Å². The van der Waals surface area contributed by atoms with Crippen molar-refractivity contribution in [3.63, 3.8) is 0 Å². The Morgan fingerprint density at radius 3 is 2.58 bits per heavy atom. The molecule has 0 aromatic heterocycles. The van der Waals surface area contributed by atoms with Crippen LogP contribution in [0.15, 0.2) is 18.2 Å². The van der Waals surface area contributed by atoms with E-state index in [-0.39, 0.29) is 30.1 Å². The molecule has 0 bridgehead atoms. The van der Waals surface area contributed by atoms with E-state index in [9.17, 15) is 14.4 Å². The molecule has 0 radical (unpaired) electrons. The Bertz CT molecular complexity index is 732. The zero-order valence-corrected chi connectivity index (χ0v) is 15.9. The maximum Gasteiger partial charge on any atom is 0.309 e. The number of anilines is 1. The Kier molecular flexibility index (Phi) is 5.85. The molecule has 6 nitrogen and oxygen atoms in total. The van der Waals surface area contributed by atoms with Crippen molar-refractivity contribution in [2.45, 2.75) is 32.2 Å². The molecule has 0 aliphatic carbocycles. The van der Waals surface area contributed by atoms with E-state index in [1.807, 2.05) is 4.90 Å². The van der Waals surface area contributed by atoms with Gasteiger partial charge in [0.2, 0.25) is 5.91 Å². The number of amides is 2. The molecule has 26 heavy (non-hydrogen) atoms. The van der Waals surface area contributed by atoms with Gasteiger partial charge in [0.05, 0.1) is 35.7 Å². The van der Waals surface area contributed by atoms with Gasteiger partial charge in [0.15, 0.2) is 0 Å². The van der Waals surface area contributed by atoms with Crippen LogP contribution in [0.1, 0.15) is 26.2 Å². The van der Waals surface area contributed by atoms with Crippen LogP contribution in [-0.4, -0.2) is 48.4 Å². The maximum absolute atomic E-state index is 12.9. The summed E-state index contributed by atoms with van der Waals surface area (Å²) in [5, 5.41) is 0.710. The lowest BCUT2D eigenvalue weighted by Gasteiger charge is -2.33. The van der Waals surface area contributed by atoms with Gasteiger partial charge in [-0.1, -0.05) is 23.2 Å². The summed E-state index contributed by atoms with van der Waals surface area (Å²) in [6, 6.07) is 4.17. The van der Waals surface area contributed by atoms with Crippen molar-refractivity contribution in [1.29, 1.82) is 0 Å². The highest BCUT2D eigenvalue weighted by Crippen LogP contribution is 2.34. The summed E-state index contributed by atoms with van der Waals surface area (Å²) in [5.74, 6) is -0.921. The molecular formula is C18H20Cl2N2O4. The quantitative estimate of drug-likeness (QED) is 0.576. The number of rotatable bonds is 4. The second kappa shape index (κ2) is 7.94. The normalized spacial score (nSPS) is 22.1. The fraction of sp³-hybridized carbons (Fsp3) is 0.500. The third-order valence-electron chi connectivity index (χ3n) is 4.86. The highest BCUT2D eigenvalue weighted by molar-refractivity contribution is 6.37. The minimum Gasteiger partial charge on any atom is -0.466 e. The molecule has 0 saturated carbocycles. The van der Waals surface area contributed by atoms with Gasteiger partial charge in [0.1, 0.15) is 0 Å². The monoisotopic (exact) mass is 398 g/mol. The lowest BCUT2D eigenvalue weighted by atomic mass is 9.95. The highest BCUT2D eigenvalue weighted by atomic mass is 35.5. The number of hydrogen-bond donors (Lipinski definition) is 0. The van der Waals surface area contributed by atoms with E-state index in [4.69, 9.17) is 27.9 Å². The zero-order chi connectivity index (χ0) is 18.8. The fourth-order valence-electron chi connectivity index (χ4n) is 3.52. The van der Waals surface area contributed by atoms with Crippen LogP contribution < -0.4 is 4.90 Å². The minimum absolute atomic E-state index is 0.103. The van der Waals surface area contributed by atoms with Gasteiger partial charge >= 0.3 is 5.97 Å². The molecule has 0 spiro atoms. The second-order valence-electron chi connectivity index (χ2n) is 6.45. The molecule has 8 heteroatoms. The van der Waals surface area contributed by atoms with Crippen molar-refractivity contribution in [1.82, 2.24) is 4.90 Å². The first-order chi connectivity index (χ1) is 12.4. The minimum atomic E-state index is -0.527. The molecule has 1 atom stereocenters. The number of benzene rings is 1. The van der Waals surface area contributed by atoms with Crippen LogP contribution in [0.5, 0.6) is 0 Å². The van der Waals surface area contributed by atoms with E-state index in [0.717, 1.165) is 4.90 Å². The first-order valence-electron chi connectivity index (χ1n) is 8.65. The number of esters is 1. The molecule has 2 saturated heterocycles. The second-order valence-corrected chi connectivity index (χ2v) is 7.29. The molecule has 2 aliphatic rings. The number of carbonyl (C=O) groups excluding carboxylic acids is 3. The molecule has 0 N–H and O–H groups in total. The van der Waals surface area contributed by atoms with Gasteiger partial charge in [-0.05, 0) is 51.1 Å². The van der Waals surface area contributed by atoms with Crippen molar-refractivity contribution < 1.29 is 19.1 Å². The van der Waals surface area contributed by atoms with Gasteiger partial charge in [-0.3, -0.25) is 19.3 Å². The third kappa shape index (κ3) is 3.72. The molecule has 140 valence electrons. The molecule has 1 aromatic carbocycles. The lowest BCUT2D eigenvalue weighted by Crippen LogP contribution is -2.47. The standard InChI is InChI=1S/C18H20Cl2N2O4/c1-2-26-18(25)11-5-7-21(8-6-11)15-10-16(23)22(17(15)24)14-9-12(19)3-4-13(14)20/h3-4,9,11,15H,2,5-8,10H2,1H3/t15-/m1/s1. The van der Waals surface area contributed by atoms with Crippen LogP contribution in [0.4, 0.5) is 5.69 Å². The Morgan fingerprint density at radius 1 is 1.23 bits per heavy atom. The van der Waals surface area contributed by atoms with Crippen LogP contribution in [0.3, 0.4) is 0 Å². The summed E-state index contributed by atoms with van der Waals surface area (Å²) in [6.45, 7) is 3.30. The fourth-order valence-corrected chi connectivity index (χ4v) is 3.89. The Morgan fingerprint density at radius 2 is 1.92 bits per heavy atom. The first kappa shape index (κ1) is 19.1. The number of likely N-dealkylation sites (tertiary alicyclic amines) is 1. The highest BCUT2D eigenvalue weighted by Gasteiger charge is 2.44. The average Bonchev–Trinajstić information content (AvgIpc) is 2.92. The molecule has 2 heterocycles. The van der Waals surface area contributed by atoms with E-state index < -0.39 is 6.04 Å². The molecule has 3 rings (SSSR count). The Hall–Kier alpha value is -1.63. The Labute approximate surface area is 162 Å². The molecule has 2 amide bonds. The van der Waals surface area contributed by atoms with E-state index in [1.165, 1.54) is 6.07 Å². The van der Waals surface area contributed by atoms with Crippen LogP contribution in [0.25, 0.3) is 0 Å². The van der Waals surface area contributed by atoms with Crippen LogP contribution in [-0.2, 0) is 19.1 Å². The SMILES string of the molecule is CCOC(=O)C1CCN([C@@H]2CC(=O)N(c3cc(Cl)ccc3Cl)C2=O)CC1. The summed E-state index contributed by atoms with van der Waals surface area (Å²) >= 11 is 12.1. The number of piperidine rings is 1. The Balaban J connectivity index is 1.70. The number of halogens is 2. The van der Waals surface area contributed by atoms with Crippen molar-refractivity contribution in [3.8, 4) is 0 Å². The zero-order valence-electron chi connectivity index (χ0n) is 14.4. The van der Waals surface area contributed by atoms with E-state index in [2.05, 4.69) is 0 Å². The molecule has 2 fully saturated rings. The van der Waals surface area contributed by atoms with Crippen LogP contribution in [0, 0.1) is 5.92 Å². The summed E-state index contributed by atoms with van der Waals surface area (Å²) in [7, 11) is 0. The van der Waals surface area contributed by atoms with Crippen molar-refractivity contribution in [3.05, 3.63) is 28.2 Å². The summed E-state index contributed by atoms with van der Waals surface area (Å²) in [6.07, 6.45) is 1.34. The number of nitrogens with zero attached hydrogens (tertiary/aromatic N) is 2. The number of imide groups is 1. The maximum atomic E-state index is 12.9. The predicted molar refractivity (Wildman–Crippen MR) is 98.3 cm³/mol. The predicted octanol–water partition coefficient (Wildman–Crippen LogP) is 2.90. The van der Waals surface area contributed by atoms with Gasteiger partial charge in [0, 0.05) is 5.02 Å². The van der Waals surface area contributed by atoms with Gasteiger partial charge in [-0.15, -0.1) is 0 Å². The van der Waals surface area contributed by atoms with Gasteiger partial charge < -0.3 is 4.74 Å². The van der Waals surface area contributed by atoms with Crippen molar-refractivity contribution in [2.24, 2.45) is 5.92 Å². The number of hydrogen-bond acceptors (Lipinski definition) is 5. The molecular weight excluding hydrogens is 379 g/mol. The van der Waals surface area contributed by atoms with Crippen molar-refractivity contribution >= 4 is 46.7 Å². The number of ether oxygens (including phenoxy) is 1. The van der Waals surface area contributed by atoms with E-state index in [0.29, 0.717) is 48.3 Å². The van der Waals surface area contributed by atoms with Gasteiger partial charge in [0.25, 0.3) is 5.91 Å². The van der Waals surface area contributed by atoms with Crippen LogP contribution >= 0.6 is 23.2 Å². The van der Waals surface area contributed by atoms with Crippen LogP contribution in [0.2, 0.25) is 10.0 Å². The van der Waals surface area contributed by atoms with Crippen molar-refractivity contribution in [2.75, 3.05) is 24.6 Å². The first-order valence-corrected chi connectivity index (χ1v) is 9.40. The smallest absolute Gasteiger partial charge is 0.309 e. The molecule has 1 aromatic rings. The number of carbonyl (C=O) groups is 3. The summed E-state index contributed by atoms with van der Waals surface area (Å²) < 4.78 is 5.07. The van der Waals surface area contributed by atoms with Gasteiger partial charge in [-0.2, -0.15) is 0 Å². The van der Waals surface area contributed by atoms with E-state index in [1.54, 1.807) is 19.1 Å². The third-order valence-corrected chi connectivity index (χ3v) is 5.42. The van der Waals surface area contributed by atoms with Gasteiger partial charge in [-0.25, -0.2) is 4.90 Å².